The van der Waals surface area contributed by atoms with Gasteiger partial charge in [-0.3, -0.25) is 0 Å². The Hall–Kier alpha value is -5.08. The summed E-state index contributed by atoms with van der Waals surface area (Å²) in [5, 5.41) is 10.6. The number of hydrogen-bond acceptors (Lipinski definition) is 0. The summed E-state index contributed by atoms with van der Waals surface area (Å²) in [7, 11) is 0. The minimum atomic E-state index is 1.27. The Bertz CT molecular complexity index is 2560. The smallest absolute Gasteiger partial charge is 0.0626 e. The van der Waals surface area contributed by atoms with Crippen molar-refractivity contribution in [3.8, 4) is 11.1 Å². The molecule has 0 N–H and O–H groups in total. The SMILES string of the molecule is c1ccc2c(c1)c1ccc(-c3cccc4c5cccc6c7ccccc7n(c34)c65)c3c4ccccc4n2c13. The number of rotatable bonds is 1. The quantitative estimate of drug-likeness (QED) is 0.221. The normalized spacial score (nSPS) is 12.7. The number of para-hydroxylation sites is 5. The highest BCUT2D eigenvalue weighted by Crippen LogP contribution is 2.47. The second kappa shape index (κ2) is 6.42. The minimum absolute atomic E-state index is 1.27. The lowest BCUT2D eigenvalue weighted by Gasteiger charge is -2.09. The molecule has 0 amide bonds. The Balaban J connectivity index is 1.48. The van der Waals surface area contributed by atoms with Gasteiger partial charge >= 0.3 is 0 Å². The van der Waals surface area contributed by atoms with Crippen LogP contribution in [-0.2, 0) is 0 Å². The van der Waals surface area contributed by atoms with Crippen LogP contribution < -0.4 is 0 Å². The molecule has 174 valence electrons. The van der Waals surface area contributed by atoms with Gasteiger partial charge in [-0.05, 0) is 23.8 Å². The minimum Gasteiger partial charge on any atom is -0.308 e. The van der Waals surface area contributed by atoms with Crippen molar-refractivity contribution < 1.29 is 0 Å². The van der Waals surface area contributed by atoms with E-state index in [1.807, 2.05) is 0 Å². The Morgan fingerprint density at radius 2 is 0.789 bits per heavy atom. The zero-order valence-corrected chi connectivity index (χ0v) is 20.4. The van der Waals surface area contributed by atoms with Crippen LogP contribution in [0, 0.1) is 0 Å². The topological polar surface area (TPSA) is 8.82 Å². The Kier molecular flexibility index (Phi) is 3.23. The number of fused-ring (bicyclic) bond motifs is 12. The van der Waals surface area contributed by atoms with Crippen LogP contribution in [0.4, 0.5) is 0 Å². The molecule has 2 heteroatoms. The van der Waals surface area contributed by atoms with Gasteiger partial charge in [-0.2, -0.15) is 0 Å². The summed E-state index contributed by atoms with van der Waals surface area (Å²) >= 11 is 0. The summed E-state index contributed by atoms with van der Waals surface area (Å²) in [4.78, 5) is 0. The van der Waals surface area contributed by atoms with Crippen LogP contribution in [0.5, 0.6) is 0 Å². The molecule has 38 heavy (non-hydrogen) atoms. The van der Waals surface area contributed by atoms with Gasteiger partial charge in [0.25, 0.3) is 0 Å². The maximum Gasteiger partial charge on any atom is 0.0626 e. The number of nitrogens with zero attached hydrogens (tertiary/aromatic N) is 2. The van der Waals surface area contributed by atoms with Crippen LogP contribution in [0.1, 0.15) is 0 Å². The molecule has 10 rings (SSSR count). The van der Waals surface area contributed by atoms with Crippen molar-refractivity contribution in [2.24, 2.45) is 0 Å². The van der Waals surface area contributed by atoms with E-state index in [1.165, 1.54) is 87.3 Å². The largest absolute Gasteiger partial charge is 0.308 e. The van der Waals surface area contributed by atoms with E-state index in [0.29, 0.717) is 0 Å². The average molecular weight is 481 g/mol. The first kappa shape index (κ1) is 19.1. The maximum atomic E-state index is 2.51. The van der Waals surface area contributed by atoms with Gasteiger partial charge in [0.15, 0.2) is 0 Å². The monoisotopic (exact) mass is 480 g/mol. The third-order valence-electron chi connectivity index (χ3n) is 8.79. The van der Waals surface area contributed by atoms with Gasteiger partial charge < -0.3 is 8.80 Å². The zero-order chi connectivity index (χ0) is 24.5. The van der Waals surface area contributed by atoms with Crippen molar-refractivity contribution in [1.29, 1.82) is 0 Å². The van der Waals surface area contributed by atoms with Crippen molar-refractivity contribution in [3.63, 3.8) is 0 Å². The molecule has 0 fully saturated rings. The van der Waals surface area contributed by atoms with E-state index in [4.69, 9.17) is 0 Å². The molecule has 0 atom stereocenters. The van der Waals surface area contributed by atoms with Crippen molar-refractivity contribution in [1.82, 2.24) is 8.80 Å². The molecule has 0 saturated heterocycles. The summed E-state index contributed by atoms with van der Waals surface area (Å²) in [5.74, 6) is 0. The molecule has 4 aromatic heterocycles. The lowest BCUT2D eigenvalue weighted by Crippen LogP contribution is -1.87. The molecule has 0 spiro atoms. The molecule has 0 bridgehead atoms. The van der Waals surface area contributed by atoms with Gasteiger partial charge in [0.2, 0.25) is 0 Å². The Labute approximate surface area is 217 Å². The molecule has 4 heterocycles. The van der Waals surface area contributed by atoms with Crippen molar-refractivity contribution in [2.45, 2.75) is 0 Å². The summed E-state index contributed by atoms with van der Waals surface area (Å²) in [6.45, 7) is 0. The highest BCUT2D eigenvalue weighted by Gasteiger charge is 2.23. The summed E-state index contributed by atoms with van der Waals surface area (Å²) < 4.78 is 4.98. The van der Waals surface area contributed by atoms with Gasteiger partial charge in [0.05, 0.1) is 33.1 Å². The summed E-state index contributed by atoms with van der Waals surface area (Å²) in [5.41, 5.74) is 10.3. The van der Waals surface area contributed by atoms with Crippen molar-refractivity contribution >= 4 is 76.2 Å². The van der Waals surface area contributed by atoms with E-state index in [9.17, 15) is 0 Å². The number of hydrogen-bond donors (Lipinski definition) is 0. The highest BCUT2D eigenvalue weighted by atomic mass is 14.9. The second-order valence-corrected chi connectivity index (χ2v) is 10.5. The molecule has 0 aliphatic rings. The fourth-order valence-electron chi connectivity index (χ4n) is 7.37. The standard InChI is InChI=1S/C36H20N2/c1-4-16-30-22(10-1)28-20-19-23(33-29-11-3-6-18-32(29)37(30)36(28)33)25-13-8-15-27-26-14-7-12-24-21-9-2-5-17-31(21)38(34(24)26)35(25)27/h1-20H. The Morgan fingerprint density at radius 3 is 1.53 bits per heavy atom. The van der Waals surface area contributed by atoms with E-state index in [0.717, 1.165) is 0 Å². The number of aromatic nitrogens is 2. The van der Waals surface area contributed by atoms with E-state index < -0.39 is 0 Å². The van der Waals surface area contributed by atoms with Crippen LogP contribution in [0.15, 0.2) is 121 Å². The summed E-state index contributed by atoms with van der Waals surface area (Å²) in [6, 6.07) is 44.8. The molecule has 0 saturated carbocycles. The third kappa shape index (κ3) is 2.02. The fraction of sp³-hybridized carbons (Fsp3) is 0. The first-order valence-electron chi connectivity index (χ1n) is 13.2. The molecule has 0 aliphatic carbocycles. The van der Waals surface area contributed by atoms with Crippen LogP contribution >= 0.6 is 0 Å². The maximum absolute atomic E-state index is 2.51. The third-order valence-corrected chi connectivity index (χ3v) is 8.79. The second-order valence-electron chi connectivity index (χ2n) is 10.5. The first-order valence-corrected chi connectivity index (χ1v) is 13.2. The van der Waals surface area contributed by atoms with Gasteiger partial charge in [-0.25, -0.2) is 0 Å². The van der Waals surface area contributed by atoms with Crippen molar-refractivity contribution in [2.75, 3.05) is 0 Å². The van der Waals surface area contributed by atoms with E-state index in [-0.39, 0.29) is 0 Å². The molecule has 0 unspecified atom stereocenters. The Morgan fingerprint density at radius 1 is 0.289 bits per heavy atom. The predicted octanol–water partition coefficient (Wildman–Crippen LogP) is 9.65. The van der Waals surface area contributed by atoms with Crippen molar-refractivity contribution in [3.05, 3.63) is 121 Å². The van der Waals surface area contributed by atoms with Crippen LogP contribution in [0.2, 0.25) is 0 Å². The average Bonchev–Trinajstić information content (AvgIpc) is 3.70. The predicted molar refractivity (Wildman–Crippen MR) is 161 cm³/mol. The molecule has 6 aromatic carbocycles. The van der Waals surface area contributed by atoms with Gasteiger partial charge in [-0.1, -0.05) is 103 Å². The number of benzene rings is 6. The van der Waals surface area contributed by atoms with Crippen LogP contribution in [0.3, 0.4) is 0 Å². The van der Waals surface area contributed by atoms with Crippen LogP contribution in [0.25, 0.3) is 87.3 Å². The summed E-state index contributed by atoms with van der Waals surface area (Å²) in [6.07, 6.45) is 0. The van der Waals surface area contributed by atoms with Gasteiger partial charge in [0, 0.05) is 48.7 Å². The molecule has 0 radical (unpaired) electrons. The zero-order valence-electron chi connectivity index (χ0n) is 20.4. The molecule has 10 aromatic rings. The van der Waals surface area contributed by atoms with Gasteiger partial charge in [0.1, 0.15) is 0 Å². The fourth-order valence-corrected chi connectivity index (χ4v) is 7.37. The van der Waals surface area contributed by atoms with Gasteiger partial charge in [-0.15, -0.1) is 0 Å². The van der Waals surface area contributed by atoms with E-state index in [2.05, 4.69) is 130 Å². The molecular weight excluding hydrogens is 460 g/mol. The lowest BCUT2D eigenvalue weighted by molar-refractivity contribution is 1.37. The molecular formula is C36H20N2. The van der Waals surface area contributed by atoms with E-state index >= 15 is 0 Å². The molecule has 0 aliphatic heterocycles. The van der Waals surface area contributed by atoms with E-state index in [1.54, 1.807) is 0 Å². The molecule has 2 nitrogen and oxygen atoms in total. The highest BCUT2D eigenvalue weighted by molar-refractivity contribution is 6.30. The van der Waals surface area contributed by atoms with Crippen LogP contribution in [-0.4, -0.2) is 8.80 Å². The first-order chi connectivity index (χ1) is 18.9. The lowest BCUT2D eigenvalue weighted by atomic mass is 9.95.